The molecule has 0 aliphatic rings. The lowest BCUT2D eigenvalue weighted by Gasteiger charge is -1.97. The quantitative estimate of drug-likeness (QED) is 0.628. The Bertz CT molecular complexity index is 521. The molecule has 2 rings (SSSR count). The highest BCUT2D eigenvalue weighted by Crippen LogP contribution is 2.25. The number of nitrogens with zero attached hydrogens (tertiary/aromatic N) is 1. The average molecular weight is 329 g/mol. The number of aromatic nitrogens is 1. The highest BCUT2D eigenvalue weighted by Gasteiger charge is 2.14. The molecule has 82 valence electrons. The van der Waals surface area contributed by atoms with Crippen molar-refractivity contribution in [1.29, 1.82) is 0 Å². The summed E-state index contributed by atoms with van der Waals surface area (Å²) in [5, 5.41) is 3.65. The van der Waals surface area contributed by atoms with E-state index in [1.807, 2.05) is 24.3 Å². The summed E-state index contributed by atoms with van der Waals surface area (Å²) in [6.07, 6.45) is 0. The first-order valence-corrected chi connectivity index (χ1v) is 5.60. The maximum atomic E-state index is 11.2. The van der Waals surface area contributed by atoms with Gasteiger partial charge in [-0.05, 0) is 28.7 Å². The van der Waals surface area contributed by atoms with Crippen LogP contribution < -0.4 is 0 Å². The number of carbonyl (C=O) groups excluding carboxylic acids is 1. The summed E-state index contributed by atoms with van der Waals surface area (Å²) in [5.41, 5.74) is 1.09. The molecule has 1 aromatic heterocycles. The van der Waals surface area contributed by atoms with E-state index >= 15 is 0 Å². The fourth-order valence-corrected chi connectivity index (χ4v) is 1.92. The van der Waals surface area contributed by atoms with E-state index in [0.717, 1.165) is 9.13 Å². The number of rotatable bonds is 2. The predicted molar refractivity (Wildman–Crippen MR) is 66.0 cm³/mol. The molecule has 4 nitrogen and oxygen atoms in total. The molecular formula is C11H8INO3. The number of methoxy groups -OCH3 is 1. The van der Waals surface area contributed by atoms with Gasteiger partial charge in [-0.15, -0.1) is 0 Å². The first-order chi connectivity index (χ1) is 7.72. The molecule has 0 aliphatic carbocycles. The average Bonchev–Trinajstić information content (AvgIpc) is 2.78. The molecule has 2 aromatic rings. The van der Waals surface area contributed by atoms with Gasteiger partial charge in [0.15, 0.2) is 11.5 Å². The molecule has 0 radical (unpaired) electrons. The SMILES string of the molecule is COC(=O)c1cc(-c2ccccc2I)on1. The van der Waals surface area contributed by atoms with Crippen LogP contribution in [0.1, 0.15) is 10.5 Å². The van der Waals surface area contributed by atoms with Crippen molar-refractivity contribution in [2.45, 2.75) is 0 Å². The summed E-state index contributed by atoms with van der Waals surface area (Å²) in [7, 11) is 1.31. The Morgan fingerprint density at radius 2 is 2.19 bits per heavy atom. The molecule has 0 N–H and O–H groups in total. The fraction of sp³-hybridized carbons (Fsp3) is 0.0909. The van der Waals surface area contributed by atoms with E-state index in [4.69, 9.17) is 4.52 Å². The Kier molecular flexibility index (Phi) is 3.23. The third-order valence-electron chi connectivity index (χ3n) is 2.04. The number of esters is 1. The first-order valence-electron chi connectivity index (χ1n) is 4.52. The number of halogens is 1. The molecule has 0 bridgehead atoms. The van der Waals surface area contributed by atoms with Gasteiger partial charge in [-0.25, -0.2) is 4.79 Å². The third-order valence-corrected chi connectivity index (χ3v) is 2.98. The summed E-state index contributed by atoms with van der Waals surface area (Å²) in [5.74, 6) is 0.0614. The van der Waals surface area contributed by atoms with Crippen molar-refractivity contribution in [3.05, 3.63) is 39.6 Å². The van der Waals surface area contributed by atoms with E-state index in [-0.39, 0.29) is 5.69 Å². The molecule has 0 spiro atoms. The van der Waals surface area contributed by atoms with Gasteiger partial charge in [-0.3, -0.25) is 0 Å². The van der Waals surface area contributed by atoms with Crippen molar-refractivity contribution < 1.29 is 14.1 Å². The predicted octanol–water partition coefficient (Wildman–Crippen LogP) is 2.73. The van der Waals surface area contributed by atoms with Crippen LogP contribution in [0.5, 0.6) is 0 Å². The largest absolute Gasteiger partial charge is 0.464 e. The molecule has 0 atom stereocenters. The minimum atomic E-state index is -0.499. The zero-order valence-electron chi connectivity index (χ0n) is 8.44. The van der Waals surface area contributed by atoms with E-state index in [2.05, 4.69) is 32.5 Å². The standard InChI is InChI=1S/C11H8INO3/c1-15-11(14)9-6-10(16-13-9)7-4-2-3-5-8(7)12/h2-6H,1H3. The van der Waals surface area contributed by atoms with E-state index < -0.39 is 5.97 Å². The maximum absolute atomic E-state index is 11.2. The second-order valence-corrected chi connectivity index (χ2v) is 4.21. The summed E-state index contributed by atoms with van der Waals surface area (Å²) in [4.78, 5) is 11.2. The van der Waals surface area contributed by atoms with Gasteiger partial charge in [0.25, 0.3) is 0 Å². The fourth-order valence-electron chi connectivity index (χ4n) is 1.26. The molecule has 0 aliphatic heterocycles. The van der Waals surface area contributed by atoms with Crippen LogP contribution in [0.2, 0.25) is 0 Å². The second-order valence-electron chi connectivity index (χ2n) is 3.05. The van der Waals surface area contributed by atoms with Gasteiger partial charge in [0.05, 0.1) is 7.11 Å². The third kappa shape index (κ3) is 2.08. The topological polar surface area (TPSA) is 52.3 Å². The normalized spacial score (nSPS) is 10.1. The van der Waals surface area contributed by atoms with Crippen molar-refractivity contribution in [2.24, 2.45) is 0 Å². The van der Waals surface area contributed by atoms with Crippen LogP contribution in [0, 0.1) is 3.57 Å². The van der Waals surface area contributed by atoms with Gasteiger partial charge < -0.3 is 9.26 Å². The van der Waals surface area contributed by atoms with Crippen LogP contribution in [-0.2, 0) is 4.74 Å². The van der Waals surface area contributed by atoms with Crippen LogP contribution >= 0.6 is 22.6 Å². The van der Waals surface area contributed by atoms with Gasteiger partial charge >= 0.3 is 5.97 Å². The monoisotopic (exact) mass is 329 g/mol. The van der Waals surface area contributed by atoms with Crippen LogP contribution in [-0.4, -0.2) is 18.2 Å². The Hall–Kier alpha value is -1.37. The van der Waals surface area contributed by atoms with Crippen molar-refractivity contribution in [2.75, 3.05) is 7.11 Å². The van der Waals surface area contributed by atoms with Gasteiger partial charge in [0.1, 0.15) is 0 Å². The van der Waals surface area contributed by atoms with Crippen LogP contribution in [0.4, 0.5) is 0 Å². The summed E-state index contributed by atoms with van der Waals surface area (Å²) >= 11 is 2.20. The molecular weight excluding hydrogens is 321 g/mol. The van der Waals surface area contributed by atoms with Crippen LogP contribution in [0.15, 0.2) is 34.9 Å². The van der Waals surface area contributed by atoms with Gasteiger partial charge in [0.2, 0.25) is 0 Å². The smallest absolute Gasteiger partial charge is 0.360 e. The van der Waals surface area contributed by atoms with E-state index in [1.165, 1.54) is 7.11 Å². The van der Waals surface area contributed by atoms with Gasteiger partial charge in [-0.2, -0.15) is 0 Å². The molecule has 0 saturated carbocycles. The highest BCUT2D eigenvalue weighted by molar-refractivity contribution is 14.1. The van der Waals surface area contributed by atoms with Crippen molar-refractivity contribution in [1.82, 2.24) is 5.16 Å². The van der Waals surface area contributed by atoms with Crippen molar-refractivity contribution in [3.8, 4) is 11.3 Å². The Morgan fingerprint density at radius 1 is 1.44 bits per heavy atom. The minimum absolute atomic E-state index is 0.178. The molecule has 0 unspecified atom stereocenters. The van der Waals surface area contributed by atoms with Gasteiger partial charge in [-0.1, -0.05) is 23.4 Å². The molecule has 0 amide bonds. The molecule has 0 fully saturated rings. The van der Waals surface area contributed by atoms with Crippen molar-refractivity contribution in [3.63, 3.8) is 0 Å². The number of hydrogen-bond donors (Lipinski definition) is 0. The first kappa shape index (κ1) is 11.1. The molecule has 5 heteroatoms. The molecule has 1 heterocycles. The molecule has 16 heavy (non-hydrogen) atoms. The summed E-state index contributed by atoms with van der Waals surface area (Å²) in [6, 6.07) is 9.27. The lowest BCUT2D eigenvalue weighted by atomic mass is 10.2. The number of hydrogen-bond acceptors (Lipinski definition) is 4. The van der Waals surface area contributed by atoms with Crippen LogP contribution in [0.3, 0.4) is 0 Å². The lowest BCUT2D eigenvalue weighted by Crippen LogP contribution is -2.00. The van der Waals surface area contributed by atoms with Crippen molar-refractivity contribution >= 4 is 28.6 Å². The van der Waals surface area contributed by atoms with E-state index in [0.29, 0.717) is 5.76 Å². The number of carbonyl (C=O) groups is 1. The second kappa shape index (κ2) is 4.65. The number of benzene rings is 1. The molecule has 0 saturated heterocycles. The maximum Gasteiger partial charge on any atom is 0.360 e. The highest BCUT2D eigenvalue weighted by atomic mass is 127. The summed E-state index contributed by atoms with van der Waals surface area (Å²) in [6.45, 7) is 0. The zero-order valence-corrected chi connectivity index (χ0v) is 10.6. The minimum Gasteiger partial charge on any atom is -0.464 e. The van der Waals surface area contributed by atoms with Crippen LogP contribution in [0.25, 0.3) is 11.3 Å². The Morgan fingerprint density at radius 3 is 2.88 bits per heavy atom. The summed E-state index contributed by atoms with van der Waals surface area (Å²) < 4.78 is 10.7. The number of ether oxygens (including phenoxy) is 1. The molecule has 1 aromatic carbocycles. The van der Waals surface area contributed by atoms with E-state index in [9.17, 15) is 4.79 Å². The van der Waals surface area contributed by atoms with E-state index in [1.54, 1.807) is 6.07 Å². The Balaban J connectivity index is 2.39. The van der Waals surface area contributed by atoms with Gasteiger partial charge in [0, 0.05) is 15.2 Å². The Labute approximate surface area is 106 Å². The zero-order chi connectivity index (χ0) is 11.5. The lowest BCUT2D eigenvalue weighted by molar-refractivity contribution is 0.0589.